The van der Waals surface area contributed by atoms with Crippen LogP contribution in [0.25, 0.3) is 0 Å². The molecule has 0 aliphatic rings. The SMILES string of the molecule is CCC(CC)(CNC(=O)c1ccccc1N)SC.Cl. The number of hydrogen-bond donors (Lipinski definition) is 2. The Bertz CT molecular complexity index is 400. The fourth-order valence-electron chi connectivity index (χ4n) is 1.90. The van der Waals surface area contributed by atoms with Crippen LogP contribution in [-0.2, 0) is 0 Å². The van der Waals surface area contributed by atoms with E-state index in [4.69, 9.17) is 5.73 Å². The number of anilines is 1. The summed E-state index contributed by atoms with van der Waals surface area (Å²) in [4.78, 5) is 12.1. The van der Waals surface area contributed by atoms with E-state index in [-0.39, 0.29) is 23.1 Å². The fraction of sp³-hybridized carbons (Fsp3) is 0.500. The van der Waals surface area contributed by atoms with Crippen molar-refractivity contribution in [1.82, 2.24) is 5.32 Å². The molecule has 0 unspecified atom stereocenters. The molecule has 3 N–H and O–H groups in total. The van der Waals surface area contributed by atoms with Crippen LogP contribution >= 0.6 is 24.2 Å². The number of amides is 1. The average molecular weight is 303 g/mol. The minimum atomic E-state index is -0.0894. The second-order valence-electron chi connectivity index (χ2n) is 4.36. The molecular weight excluding hydrogens is 280 g/mol. The number of nitrogens with one attached hydrogen (secondary N) is 1. The lowest BCUT2D eigenvalue weighted by Gasteiger charge is -2.29. The number of hydrogen-bond acceptors (Lipinski definition) is 3. The molecule has 0 aliphatic heterocycles. The Kier molecular flexibility index (Phi) is 7.95. The van der Waals surface area contributed by atoms with Crippen LogP contribution in [0.4, 0.5) is 5.69 Å². The minimum Gasteiger partial charge on any atom is -0.398 e. The van der Waals surface area contributed by atoms with Crippen molar-refractivity contribution >= 4 is 35.8 Å². The van der Waals surface area contributed by atoms with Crippen LogP contribution in [-0.4, -0.2) is 23.5 Å². The summed E-state index contributed by atoms with van der Waals surface area (Å²) in [6, 6.07) is 7.16. The van der Waals surface area contributed by atoms with Crippen LogP contribution in [0.5, 0.6) is 0 Å². The third kappa shape index (κ3) is 4.62. The third-order valence-corrected chi connectivity index (χ3v) is 5.09. The first-order valence-corrected chi connectivity index (χ1v) is 7.49. The summed E-state index contributed by atoms with van der Waals surface area (Å²) in [5.74, 6) is -0.0894. The molecule has 0 radical (unpaired) electrons. The minimum absolute atomic E-state index is 0. The van der Waals surface area contributed by atoms with Gasteiger partial charge in [0, 0.05) is 17.0 Å². The monoisotopic (exact) mass is 302 g/mol. The Morgan fingerprint density at radius 3 is 2.37 bits per heavy atom. The number of benzene rings is 1. The van der Waals surface area contributed by atoms with Gasteiger partial charge in [0.05, 0.1) is 5.56 Å². The number of thioether (sulfide) groups is 1. The summed E-state index contributed by atoms with van der Waals surface area (Å²) >= 11 is 1.81. The second-order valence-corrected chi connectivity index (χ2v) is 5.64. The number of carbonyl (C=O) groups is 1. The van der Waals surface area contributed by atoms with Gasteiger partial charge in [0.1, 0.15) is 0 Å². The van der Waals surface area contributed by atoms with Crippen molar-refractivity contribution in [3.63, 3.8) is 0 Å². The van der Waals surface area contributed by atoms with E-state index in [0.717, 1.165) is 12.8 Å². The first-order chi connectivity index (χ1) is 8.58. The summed E-state index contributed by atoms with van der Waals surface area (Å²) in [6.07, 6.45) is 4.17. The Labute approximate surface area is 126 Å². The van der Waals surface area contributed by atoms with E-state index >= 15 is 0 Å². The van der Waals surface area contributed by atoms with Gasteiger partial charge < -0.3 is 11.1 Å². The van der Waals surface area contributed by atoms with Gasteiger partial charge in [-0.25, -0.2) is 0 Å². The standard InChI is InChI=1S/C14H22N2OS.ClH/c1-4-14(5-2,18-3)10-16-13(17)11-8-6-7-9-12(11)15;/h6-9H,4-5,10,15H2,1-3H3,(H,16,17);1H. The number of rotatable bonds is 6. The van der Waals surface area contributed by atoms with Gasteiger partial charge in [-0.05, 0) is 31.2 Å². The van der Waals surface area contributed by atoms with E-state index in [0.29, 0.717) is 17.8 Å². The molecule has 0 fully saturated rings. The second kappa shape index (κ2) is 8.33. The molecule has 3 nitrogen and oxygen atoms in total. The summed E-state index contributed by atoms with van der Waals surface area (Å²) in [6.45, 7) is 4.99. The highest BCUT2D eigenvalue weighted by atomic mass is 35.5. The first-order valence-electron chi connectivity index (χ1n) is 6.26. The molecule has 1 amide bonds. The number of halogens is 1. The number of carbonyl (C=O) groups excluding carboxylic acids is 1. The third-order valence-electron chi connectivity index (χ3n) is 3.50. The van der Waals surface area contributed by atoms with Crippen molar-refractivity contribution < 1.29 is 4.79 Å². The zero-order chi connectivity index (χ0) is 13.6. The van der Waals surface area contributed by atoms with Crippen LogP contribution < -0.4 is 11.1 Å². The molecule has 1 aromatic rings. The van der Waals surface area contributed by atoms with E-state index < -0.39 is 0 Å². The number of nitrogens with two attached hydrogens (primary N) is 1. The zero-order valence-electron chi connectivity index (χ0n) is 11.7. The van der Waals surface area contributed by atoms with Crippen LogP contribution in [0.1, 0.15) is 37.0 Å². The Morgan fingerprint density at radius 1 is 1.32 bits per heavy atom. The molecule has 19 heavy (non-hydrogen) atoms. The predicted molar refractivity (Wildman–Crippen MR) is 87.3 cm³/mol. The molecule has 108 valence electrons. The van der Waals surface area contributed by atoms with Crippen LogP contribution in [0, 0.1) is 0 Å². The van der Waals surface area contributed by atoms with Crippen LogP contribution in [0.3, 0.4) is 0 Å². The summed E-state index contributed by atoms with van der Waals surface area (Å²) in [7, 11) is 0. The summed E-state index contributed by atoms with van der Waals surface area (Å²) < 4.78 is 0.124. The molecule has 0 spiro atoms. The van der Waals surface area contributed by atoms with E-state index in [1.54, 1.807) is 12.1 Å². The molecule has 0 bridgehead atoms. The Hall–Kier alpha value is -0.870. The van der Waals surface area contributed by atoms with Gasteiger partial charge in [0.2, 0.25) is 0 Å². The van der Waals surface area contributed by atoms with Gasteiger partial charge in [-0.1, -0.05) is 26.0 Å². The van der Waals surface area contributed by atoms with Crippen molar-refractivity contribution in [3.8, 4) is 0 Å². The van der Waals surface area contributed by atoms with E-state index in [2.05, 4.69) is 25.4 Å². The fourth-order valence-corrected chi connectivity index (χ4v) is 2.70. The lowest BCUT2D eigenvalue weighted by molar-refractivity contribution is 0.0950. The van der Waals surface area contributed by atoms with E-state index in [1.807, 2.05) is 23.9 Å². The van der Waals surface area contributed by atoms with Crippen molar-refractivity contribution in [3.05, 3.63) is 29.8 Å². The average Bonchev–Trinajstić information content (AvgIpc) is 2.41. The van der Waals surface area contributed by atoms with Gasteiger partial charge >= 0.3 is 0 Å². The molecule has 0 heterocycles. The lowest BCUT2D eigenvalue weighted by atomic mass is 10.0. The van der Waals surface area contributed by atoms with Crippen molar-refractivity contribution in [2.45, 2.75) is 31.4 Å². The molecule has 0 aromatic heterocycles. The molecule has 1 rings (SSSR count). The Balaban J connectivity index is 0.00000324. The molecule has 5 heteroatoms. The van der Waals surface area contributed by atoms with Gasteiger partial charge in [0.25, 0.3) is 5.91 Å². The van der Waals surface area contributed by atoms with Gasteiger partial charge in [-0.3, -0.25) is 4.79 Å². The number of para-hydroxylation sites is 1. The van der Waals surface area contributed by atoms with Gasteiger partial charge in [-0.15, -0.1) is 12.4 Å². The smallest absolute Gasteiger partial charge is 0.253 e. The summed E-state index contributed by atoms with van der Waals surface area (Å²) in [5.41, 5.74) is 6.87. The molecule has 0 saturated heterocycles. The summed E-state index contributed by atoms with van der Waals surface area (Å²) in [5, 5.41) is 2.99. The predicted octanol–water partition coefficient (Wildman–Crippen LogP) is 3.34. The van der Waals surface area contributed by atoms with E-state index in [9.17, 15) is 4.79 Å². The Morgan fingerprint density at radius 2 is 1.89 bits per heavy atom. The first kappa shape index (κ1) is 18.1. The van der Waals surface area contributed by atoms with Gasteiger partial charge in [-0.2, -0.15) is 11.8 Å². The van der Waals surface area contributed by atoms with Crippen LogP contribution in [0.15, 0.2) is 24.3 Å². The molecule has 1 aromatic carbocycles. The quantitative estimate of drug-likeness (QED) is 0.792. The van der Waals surface area contributed by atoms with Crippen molar-refractivity contribution in [2.24, 2.45) is 0 Å². The van der Waals surface area contributed by atoms with Crippen molar-refractivity contribution in [1.29, 1.82) is 0 Å². The topological polar surface area (TPSA) is 55.1 Å². The highest BCUT2D eigenvalue weighted by molar-refractivity contribution is 8.00. The molecule has 0 atom stereocenters. The van der Waals surface area contributed by atoms with Crippen LogP contribution in [0.2, 0.25) is 0 Å². The highest BCUT2D eigenvalue weighted by Crippen LogP contribution is 2.29. The molecule has 0 aliphatic carbocycles. The maximum atomic E-state index is 12.1. The molecular formula is C14H23ClN2OS. The number of nitrogen functional groups attached to an aromatic ring is 1. The lowest BCUT2D eigenvalue weighted by Crippen LogP contribution is -2.39. The maximum absolute atomic E-state index is 12.1. The van der Waals surface area contributed by atoms with E-state index in [1.165, 1.54) is 0 Å². The largest absolute Gasteiger partial charge is 0.398 e. The highest BCUT2D eigenvalue weighted by Gasteiger charge is 2.25. The molecule has 0 saturated carbocycles. The maximum Gasteiger partial charge on any atom is 0.253 e. The zero-order valence-corrected chi connectivity index (χ0v) is 13.4. The normalized spacial score (nSPS) is 10.7. The van der Waals surface area contributed by atoms with Gasteiger partial charge in [0.15, 0.2) is 0 Å². The van der Waals surface area contributed by atoms with Crippen molar-refractivity contribution in [2.75, 3.05) is 18.5 Å².